The van der Waals surface area contributed by atoms with Crippen LogP contribution in [0.3, 0.4) is 0 Å². The van der Waals surface area contributed by atoms with Crippen LogP contribution in [0.25, 0.3) is 0 Å². The lowest BCUT2D eigenvalue weighted by Gasteiger charge is -2.18. The summed E-state index contributed by atoms with van der Waals surface area (Å²) in [7, 11) is 0. The molecule has 0 heterocycles. The zero-order chi connectivity index (χ0) is 32.4. The molecular weight excluding hydrogens is 550 g/mol. The van der Waals surface area contributed by atoms with Crippen molar-refractivity contribution in [2.45, 2.75) is 193 Å². The topological polar surface area (TPSA) is 92.7 Å². The van der Waals surface area contributed by atoms with Gasteiger partial charge >= 0.3 is 11.9 Å². The van der Waals surface area contributed by atoms with E-state index in [1.54, 1.807) is 0 Å². The Hall–Kier alpha value is -2.11. The third kappa shape index (κ3) is 32.8. The van der Waals surface area contributed by atoms with Gasteiger partial charge in [0, 0.05) is 12.8 Å². The van der Waals surface area contributed by atoms with Gasteiger partial charge in [0.05, 0.1) is 0 Å². The first-order valence-electron chi connectivity index (χ1n) is 18.5. The lowest BCUT2D eigenvalue weighted by molar-refractivity contribution is -0.150. The Morgan fingerprint density at radius 3 is 1.61 bits per heavy atom. The molecule has 44 heavy (non-hydrogen) atoms. The number of rotatable bonds is 33. The van der Waals surface area contributed by atoms with Crippen LogP contribution in [0.4, 0.5) is 0 Å². The molecule has 1 unspecified atom stereocenters. The van der Waals surface area contributed by atoms with Gasteiger partial charge in [-0.1, -0.05) is 128 Å². The fourth-order valence-electron chi connectivity index (χ4n) is 5.37. The van der Waals surface area contributed by atoms with E-state index < -0.39 is 5.97 Å². The molecule has 0 fully saturated rings. The zero-order valence-electron chi connectivity index (χ0n) is 28.8. The molecule has 0 aliphatic carbocycles. The predicted molar refractivity (Wildman–Crippen MR) is 185 cm³/mol. The standard InChI is InChI=1S/C38H69NO5/c1-3-5-7-8-9-10-11-12-13-14-15-16-17-18-19-20-21-22-23-24-29-33-38(43)44-35(30-26-6-4-2)31-27-25-28-32-36(40)39-34-37(41)42/h11-12,14-15,35H,3-10,13,16-34H2,1-2H3,(H,39,40)(H,41,42)/b12-11-,15-14-. The van der Waals surface area contributed by atoms with Crippen LogP contribution in [-0.4, -0.2) is 35.6 Å². The molecule has 0 aliphatic rings. The molecule has 0 aromatic carbocycles. The molecule has 256 valence electrons. The minimum atomic E-state index is -1.03. The first-order valence-corrected chi connectivity index (χ1v) is 18.5. The van der Waals surface area contributed by atoms with E-state index in [0.29, 0.717) is 12.8 Å². The average Bonchev–Trinajstić information content (AvgIpc) is 3.00. The molecule has 0 saturated carbocycles. The third-order valence-electron chi connectivity index (χ3n) is 8.13. The second-order valence-corrected chi connectivity index (χ2v) is 12.5. The molecule has 0 saturated heterocycles. The highest BCUT2D eigenvalue weighted by molar-refractivity contribution is 5.80. The van der Waals surface area contributed by atoms with Crippen LogP contribution >= 0.6 is 0 Å². The number of carboxylic acids is 1. The van der Waals surface area contributed by atoms with Gasteiger partial charge in [-0.15, -0.1) is 0 Å². The molecule has 0 radical (unpaired) electrons. The Labute approximate surface area is 271 Å². The van der Waals surface area contributed by atoms with Crippen LogP contribution in [0.1, 0.15) is 187 Å². The number of hydrogen-bond donors (Lipinski definition) is 2. The number of allylic oxidation sites excluding steroid dienone is 4. The van der Waals surface area contributed by atoms with Crippen LogP contribution in [0.15, 0.2) is 24.3 Å². The molecular formula is C38H69NO5. The number of aliphatic carboxylic acids is 1. The van der Waals surface area contributed by atoms with Crippen molar-refractivity contribution < 1.29 is 24.2 Å². The fraction of sp³-hybridized carbons (Fsp3) is 0.816. The summed E-state index contributed by atoms with van der Waals surface area (Å²) in [6, 6.07) is 0. The van der Waals surface area contributed by atoms with Gasteiger partial charge in [-0.05, 0) is 70.6 Å². The number of nitrogens with one attached hydrogen (secondary N) is 1. The monoisotopic (exact) mass is 620 g/mol. The average molecular weight is 620 g/mol. The van der Waals surface area contributed by atoms with E-state index in [1.165, 1.54) is 89.9 Å². The summed E-state index contributed by atoms with van der Waals surface area (Å²) in [6.07, 6.45) is 39.1. The van der Waals surface area contributed by atoms with Crippen LogP contribution in [0.5, 0.6) is 0 Å². The van der Waals surface area contributed by atoms with E-state index in [2.05, 4.69) is 43.5 Å². The first-order chi connectivity index (χ1) is 21.5. The number of unbranched alkanes of at least 4 members (excludes halogenated alkanes) is 18. The number of carbonyl (C=O) groups is 3. The largest absolute Gasteiger partial charge is 0.480 e. The molecule has 0 aromatic rings. The van der Waals surface area contributed by atoms with Gasteiger partial charge in [0.25, 0.3) is 0 Å². The molecule has 0 rings (SSSR count). The number of ether oxygens (including phenoxy) is 1. The van der Waals surface area contributed by atoms with Crippen LogP contribution < -0.4 is 5.32 Å². The van der Waals surface area contributed by atoms with Gasteiger partial charge in [0.2, 0.25) is 5.91 Å². The summed E-state index contributed by atoms with van der Waals surface area (Å²) in [6.45, 7) is 4.11. The summed E-state index contributed by atoms with van der Waals surface area (Å²) < 4.78 is 5.84. The lowest BCUT2D eigenvalue weighted by Crippen LogP contribution is -2.28. The second kappa shape index (κ2) is 33.8. The van der Waals surface area contributed by atoms with Gasteiger partial charge in [-0.2, -0.15) is 0 Å². The van der Waals surface area contributed by atoms with Crippen LogP contribution in [0.2, 0.25) is 0 Å². The lowest BCUT2D eigenvalue weighted by atomic mass is 10.0. The third-order valence-corrected chi connectivity index (χ3v) is 8.13. The van der Waals surface area contributed by atoms with E-state index >= 15 is 0 Å². The van der Waals surface area contributed by atoms with Gasteiger partial charge in [0.15, 0.2) is 0 Å². The van der Waals surface area contributed by atoms with Crippen molar-refractivity contribution >= 4 is 17.8 Å². The van der Waals surface area contributed by atoms with Crippen molar-refractivity contribution in [2.75, 3.05) is 6.54 Å². The number of carboxylic acid groups (broad SMARTS) is 1. The number of carbonyl (C=O) groups excluding carboxylic acids is 2. The smallest absolute Gasteiger partial charge is 0.322 e. The van der Waals surface area contributed by atoms with E-state index in [4.69, 9.17) is 9.84 Å². The van der Waals surface area contributed by atoms with E-state index in [0.717, 1.165) is 70.6 Å². The quantitative estimate of drug-likeness (QED) is 0.0433. The van der Waals surface area contributed by atoms with E-state index in [1.807, 2.05) is 0 Å². The summed E-state index contributed by atoms with van der Waals surface area (Å²) in [5, 5.41) is 11.0. The molecule has 1 amide bonds. The second-order valence-electron chi connectivity index (χ2n) is 12.5. The van der Waals surface area contributed by atoms with Crippen molar-refractivity contribution in [1.82, 2.24) is 5.32 Å². The summed E-state index contributed by atoms with van der Waals surface area (Å²) in [5.74, 6) is -1.32. The van der Waals surface area contributed by atoms with Crippen LogP contribution in [-0.2, 0) is 19.1 Å². The van der Waals surface area contributed by atoms with Crippen molar-refractivity contribution in [3.05, 3.63) is 24.3 Å². The molecule has 0 aromatic heterocycles. The van der Waals surface area contributed by atoms with Crippen molar-refractivity contribution in [3.63, 3.8) is 0 Å². The fourth-order valence-corrected chi connectivity index (χ4v) is 5.37. The Bertz CT molecular complexity index is 733. The Morgan fingerprint density at radius 1 is 0.591 bits per heavy atom. The SMILES string of the molecule is CCCCCCC/C=C\C/C=C\CCCCCCCCCCCC(=O)OC(CCCCC)CCCCCC(=O)NCC(=O)O. The predicted octanol–water partition coefficient (Wildman–Crippen LogP) is 10.8. The molecule has 0 bridgehead atoms. The van der Waals surface area contributed by atoms with Crippen molar-refractivity contribution in [3.8, 4) is 0 Å². The Balaban J connectivity index is 3.73. The zero-order valence-corrected chi connectivity index (χ0v) is 28.8. The maximum absolute atomic E-state index is 12.5. The highest BCUT2D eigenvalue weighted by Gasteiger charge is 2.14. The summed E-state index contributed by atoms with van der Waals surface area (Å²) >= 11 is 0. The van der Waals surface area contributed by atoms with Gasteiger partial charge in [-0.3, -0.25) is 14.4 Å². The molecule has 6 nitrogen and oxygen atoms in total. The molecule has 6 heteroatoms. The van der Waals surface area contributed by atoms with Gasteiger partial charge < -0.3 is 15.2 Å². The van der Waals surface area contributed by atoms with Gasteiger partial charge in [-0.25, -0.2) is 0 Å². The summed E-state index contributed by atoms with van der Waals surface area (Å²) in [5.41, 5.74) is 0. The number of esters is 1. The number of amides is 1. The van der Waals surface area contributed by atoms with E-state index in [9.17, 15) is 14.4 Å². The summed E-state index contributed by atoms with van der Waals surface area (Å²) in [4.78, 5) is 34.6. The maximum atomic E-state index is 12.5. The van der Waals surface area contributed by atoms with E-state index in [-0.39, 0.29) is 24.5 Å². The minimum Gasteiger partial charge on any atom is -0.480 e. The van der Waals surface area contributed by atoms with Crippen molar-refractivity contribution in [2.24, 2.45) is 0 Å². The normalized spacial score (nSPS) is 12.2. The highest BCUT2D eigenvalue weighted by atomic mass is 16.5. The highest BCUT2D eigenvalue weighted by Crippen LogP contribution is 2.17. The molecule has 0 aliphatic heterocycles. The molecule has 1 atom stereocenters. The first kappa shape index (κ1) is 41.9. The van der Waals surface area contributed by atoms with Gasteiger partial charge in [0.1, 0.15) is 12.6 Å². The Kier molecular flexibility index (Phi) is 32.2. The van der Waals surface area contributed by atoms with Crippen LogP contribution in [0, 0.1) is 0 Å². The molecule has 2 N–H and O–H groups in total. The molecule has 0 spiro atoms. The Morgan fingerprint density at radius 2 is 1.05 bits per heavy atom. The minimum absolute atomic E-state index is 0.0304. The number of hydrogen-bond acceptors (Lipinski definition) is 4. The maximum Gasteiger partial charge on any atom is 0.322 e. The van der Waals surface area contributed by atoms with Crippen molar-refractivity contribution in [1.29, 1.82) is 0 Å².